The third kappa shape index (κ3) is 4.68. The van der Waals surface area contributed by atoms with Crippen molar-refractivity contribution in [1.82, 2.24) is 0 Å². The lowest BCUT2D eigenvalue weighted by Gasteiger charge is -2.18. The summed E-state index contributed by atoms with van der Waals surface area (Å²) in [5.41, 5.74) is 1.09. The second-order valence-corrected chi connectivity index (χ2v) is 6.10. The summed E-state index contributed by atoms with van der Waals surface area (Å²) in [5, 5.41) is 2.67. The minimum atomic E-state index is -0.509. The van der Waals surface area contributed by atoms with Crippen LogP contribution >= 0.6 is 0 Å². The first-order valence-corrected chi connectivity index (χ1v) is 9.07. The molecule has 1 aliphatic rings. The van der Waals surface area contributed by atoms with E-state index in [1.165, 1.54) is 0 Å². The van der Waals surface area contributed by atoms with Crippen LogP contribution in [-0.2, 0) is 9.53 Å². The average Bonchev–Trinajstić information content (AvgIpc) is 2.72. The molecule has 0 fully saturated rings. The third-order valence-electron chi connectivity index (χ3n) is 4.14. The minimum Gasteiger partial charge on any atom is -0.486 e. The van der Waals surface area contributed by atoms with Crippen LogP contribution in [0.3, 0.4) is 0 Å². The van der Waals surface area contributed by atoms with Gasteiger partial charge in [0.05, 0.1) is 17.9 Å². The lowest BCUT2D eigenvalue weighted by Crippen LogP contribution is -2.17. The maximum Gasteiger partial charge on any atom is 0.340 e. The van der Waals surface area contributed by atoms with E-state index in [2.05, 4.69) is 5.32 Å². The monoisotopic (exact) mass is 383 g/mol. The van der Waals surface area contributed by atoms with E-state index in [4.69, 9.17) is 14.2 Å². The zero-order valence-corrected chi connectivity index (χ0v) is 15.5. The number of Topliss-reactive ketones (excluding diaryl/α,β-unsaturated/α-hetero) is 1. The molecule has 2 aromatic carbocycles. The summed E-state index contributed by atoms with van der Waals surface area (Å²) in [6.45, 7) is 2.87. The third-order valence-corrected chi connectivity index (χ3v) is 4.14. The summed E-state index contributed by atoms with van der Waals surface area (Å²) in [7, 11) is 0. The molecule has 1 heterocycles. The van der Waals surface area contributed by atoms with E-state index in [9.17, 15) is 14.4 Å². The molecule has 1 aliphatic heterocycles. The van der Waals surface area contributed by atoms with Gasteiger partial charge in [0.1, 0.15) is 13.2 Å². The molecule has 3 rings (SSSR count). The number of esters is 1. The van der Waals surface area contributed by atoms with Gasteiger partial charge >= 0.3 is 5.97 Å². The molecule has 0 atom stereocenters. The molecule has 0 aliphatic carbocycles. The highest BCUT2D eigenvalue weighted by molar-refractivity contribution is 6.03. The zero-order valence-electron chi connectivity index (χ0n) is 15.5. The van der Waals surface area contributed by atoms with Gasteiger partial charge in [-0.1, -0.05) is 12.1 Å². The minimum absolute atomic E-state index is 0.00949. The number of para-hydroxylation sites is 1. The molecular weight excluding hydrogens is 362 g/mol. The van der Waals surface area contributed by atoms with Crippen LogP contribution in [0.5, 0.6) is 11.5 Å². The Balaban J connectivity index is 1.59. The predicted molar refractivity (Wildman–Crippen MR) is 102 cm³/mol. The maximum absolute atomic E-state index is 12.4. The fourth-order valence-corrected chi connectivity index (χ4v) is 2.78. The van der Waals surface area contributed by atoms with Crippen LogP contribution in [0, 0.1) is 0 Å². The normalized spacial score (nSPS) is 12.2. The van der Waals surface area contributed by atoms with E-state index in [-0.39, 0.29) is 36.7 Å². The standard InChI is InChI=1S/C21H21NO6/c1-2-26-21(25)15-5-3-4-6-16(15)22-20(24)10-8-17(23)14-7-9-18-19(13-14)28-12-11-27-18/h3-7,9,13H,2,8,10-12H2,1H3,(H,22,24). The average molecular weight is 383 g/mol. The van der Waals surface area contributed by atoms with E-state index < -0.39 is 5.97 Å². The van der Waals surface area contributed by atoms with E-state index >= 15 is 0 Å². The molecule has 0 spiro atoms. The van der Waals surface area contributed by atoms with Crippen LogP contribution in [0.2, 0.25) is 0 Å². The highest BCUT2D eigenvalue weighted by Gasteiger charge is 2.17. The fourth-order valence-electron chi connectivity index (χ4n) is 2.78. The molecule has 146 valence electrons. The topological polar surface area (TPSA) is 90.9 Å². The summed E-state index contributed by atoms with van der Waals surface area (Å²) in [5.74, 6) is 0.0974. The molecule has 28 heavy (non-hydrogen) atoms. The Morgan fingerprint density at radius 1 is 1.00 bits per heavy atom. The Morgan fingerprint density at radius 2 is 1.75 bits per heavy atom. The van der Waals surface area contributed by atoms with Crippen LogP contribution < -0.4 is 14.8 Å². The van der Waals surface area contributed by atoms with Crippen molar-refractivity contribution in [2.24, 2.45) is 0 Å². The van der Waals surface area contributed by atoms with Gasteiger partial charge in [-0.05, 0) is 37.3 Å². The number of carbonyl (C=O) groups excluding carboxylic acids is 3. The summed E-state index contributed by atoms with van der Waals surface area (Å²) >= 11 is 0. The van der Waals surface area contributed by atoms with Gasteiger partial charge in [-0.3, -0.25) is 9.59 Å². The molecule has 0 aromatic heterocycles. The lowest BCUT2D eigenvalue weighted by atomic mass is 10.1. The van der Waals surface area contributed by atoms with Crippen molar-refractivity contribution in [1.29, 1.82) is 0 Å². The Labute approximate surface area is 162 Å². The maximum atomic E-state index is 12.4. The zero-order chi connectivity index (χ0) is 19.9. The van der Waals surface area contributed by atoms with Crippen LogP contribution in [0.15, 0.2) is 42.5 Å². The number of amides is 1. The Kier molecular flexibility index (Phi) is 6.26. The second kappa shape index (κ2) is 9.03. The number of rotatable bonds is 7. The van der Waals surface area contributed by atoms with E-state index in [0.717, 1.165) is 0 Å². The fraction of sp³-hybridized carbons (Fsp3) is 0.286. The molecule has 0 saturated carbocycles. The van der Waals surface area contributed by atoms with Gasteiger partial charge in [-0.25, -0.2) is 4.79 Å². The molecule has 1 amide bonds. The van der Waals surface area contributed by atoms with Crippen LogP contribution in [0.25, 0.3) is 0 Å². The van der Waals surface area contributed by atoms with Crippen LogP contribution in [0.1, 0.15) is 40.5 Å². The first-order chi connectivity index (χ1) is 13.6. The number of benzene rings is 2. The lowest BCUT2D eigenvalue weighted by molar-refractivity contribution is -0.116. The van der Waals surface area contributed by atoms with E-state index in [1.807, 2.05) is 0 Å². The van der Waals surface area contributed by atoms with Crippen molar-refractivity contribution in [3.8, 4) is 11.5 Å². The molecule has 2 aromatic rings. The number of fused-ring (bicyclic) bond motifs is 1. The number of nitrogens with one attached hydrogen (secondary N) is 1. The van der Waals surface area contributed by atoms with Crippen molar-refractivity contribution in [2.75, 3.05) is 25.1 Å². The molecular formula is C21H21NO6. The molecule has 0 unspecified atom stereocenters. The summed E-state index contributed by atoms with van der Waals surface area (Å²) in [6, 6.07) is 11.6. The Morgan fingerprint density at radius 3 is 2.54 bits per heavy atom. The number of ketones is 1. The highest BCUT2D eigenvalue weighted by atomic mass is 16.6. The van der Waals surface area contributed by atoms with Crippen molar-refractivity contribution in [3.05, 3.63) is 53.6 Å². The van der Waals surface area contributed by atoms with Gasteiger partial charge in [0.25, 0.3) is 0 Å². The summed E-state index contributed by atoms with van der Waals surface area (Å²) in [4.78, 5) is 36.6. The van der Waals surface area contributed by atoms with Gasteiger partial charge in [-0.2, -0.15) is 0 Å². The molecule has 7 heteroatoms. The van der Waals surface area contributed by atoms with Gasteiger partial charge in [0.2, 0.25) is 5.91 Å². The Hall–Kier alpha value is -3.35. The summed E-state index contributed by atoms with van der Waals surface area (Å²) < 4.78 is 15.9. The van der Waals surface area contributed by atoms with Gasteiger partial charge in [0.15, 0.2) is 17.3 Å². The summed E-state index contributed by atoms with van der Waals surface area (Å²) in [6.07, 6.45) is 0.0253. The Bertz CT molecular complexity index is 892. The first kappa shape index (κ1) is 19.4. The predicted octanol–water partition coefficient (Wildman–Crippen LogP) is 3.24. The van der Waals surface area contributed by atoms with Crippen molar-refractivity contribution in [3.63, 3.8) is 0 Å². The van der Waals surface area contributed by atoms with E-state index in [0.29, 0.717) is 36.0 Å². The van der Waals surface area contributed by atoms with Gasteiger partial charge in [-0.15, -0.1) is 0 Å². The van der Waals surface area contributed by atoms with Crippen molar-refractivity contribution >= 4 is 23.3 Å². The highest BCUT2D eigenvalue weighted by Crippen LogP contribution is 2.31. The van der Waals surface area contributed by atoms with Crippen molar-refractivity contribution < 1.29 is 28.6 Å². The van der Waals surface area contributed by atoms with Crippen molar-refractivity contribution in [2.45, 2.75) is 19.8 Å². The molecule has 0 saturated heterocycles. The SMILES string of the molecule is CCOC(=O)c1ccccc1NC(=O)CCC(=O)c1ccc2c(c1)OCCO2. The molecule has 1 N–H and O–H groups in total. The molecule has 7 nitrogen and oxygen atoms in total. The number of hydrogen-bond donors (Lipinski definition) is 1. The first-order valence-electron chi connectivity index (χ1n) is 9.07. The smallest absolute Gasteiger partial charge is 0.340 e. The number of ether oxygens (including phenoxy) is 3. The quantitative estimate of drug-likeness (QED) is 0.583. The van der Waals surface area contributed by atoms with Gasteiger partial charge in [0, 0.05) is 18.4 Å². The number of carbonyl (C=O) groups is 3. The van der Waals surface area contributed by atoms with Crippen LogP contribution in [0.4, 0.5) is 5.69 Å². The van der Waals surface area contributed by atoms with E-state index in [1.54, 1.807) is 49.4 Å². The van der Waals surface area contributed by atoms with Gasteiger partial charge < -0.3 is 19.5 Å². The number of anilines is 1. The molecule has 0 bridgehead atoms. The second-order valence-electron chi connectivity index (χ2n) is 6.10. The molecule has 0 radical (unpaired) electrons. The largest absolute Gasteiger partial charge is 0.486 e. The van der Waals surface area contributed by atoms with Crippen LogP contribution in [-0.4, -0.2) is 37.5 Å². The number of hydrogen-bond acceptors (Lipinski definition) is 6.